The van der Waals surface area contributed by atoms with Gasteiger partial charge in [-0.05, 0) is 57.0 Å². The zero-order valence-corrected chi connectivity index (χ0v) is 13.7. The number of hydrogen-bond acceptors (Lipinski definition) is 2. The van der Waals surface area contributed by atoms with Gasteiger partial charge in [0.05, 0.1) is 16.8 Å². The van der Waals surface area contributed by atoms with Gasteiger partial charge >= 0.3 is 0 Å². The van der Waals surface area contributed by atoms with Gasteiger partial charge < -0.3 is 10.1 Å². The van der Waals surface area contributed by atoms with Crippen molar-refractivity contribution >= 4 is 17.3 Å². The fourth-order valence-corrected chi connectivity index (χ4v) is 2.50. The Balaban J connectivity index is 2.11. The minimum absolute atomic E-state index is 0.177. The summed E-state index contributed by atoms with van der Waals surface area (Å²) in [5.74, 6) is 0.898. The van der Waals surface area contributed by atoms with Crippen LogP contribution in [0.15, 0.2) is 42.5 Å². The molecule has 0 saturated carbocycles. The summed E-state index contributed by atoms with van der Waals surface area (Å²) in [4.78, 5) is 0. The van der Waals surface area contributed by atoms with Crippen molar-refractivity contribution in [2.45, 2.75) is 39.8 Å². The van der Waals surface area contributed by atoms with E-state index in [1.54, 1.807) is 0 Å². The largest absolute Gasteiger partial charge is 0.491 e. The van der Waals surface area contributed by atoms with E-state index in [9.17, 15) is 0 Å². The van der Waals surface area contributed by atoms with E-state index in [4.69, 9.17) is 16.3 Å². The standard InChI is InChI=1S/C18H22ClNO/c1-12(2)21-16-10-8-15(9-11-16)14(4)20-18-13(3)6-5-7-17(18)19/h5-12,14,20H,1-4H3. The molecule has 0 aromatic heterocycles. The predicted molar refractivity (Wildman–Crippen MR) is 90.4 cm³/mol. The number of halogens is 1. The molecule has 0 amide bonds. The second-order valence-corrected chi connectivity index (χ2v) is 5.94. The third-order valence-corrected chi connectivity index (χ3v) is 3.65. The number of benzene rings is 2. The Morgan fingerprint density at radius 1 is 1.00 bits per heavy atom. The molecule has 2 nitrogen and oxygen atoms in total. The highest BCUT2D eigenvalue weighted by Gasteiger charge is 2.10. The molecule has 1 N–H and O–H groups in total. The lowest BCUT2D eigenvalue weighted by Gasteiger charge is -2.19. The van der Waals surface area contributed by atoms with E-state index in [0.717, 1.165) is 22.0 Å². The molecule has 112 valence electrons. The van der Waals surface area contributed by atoms with Gasteiger partial charge in [0.25, 0.3) is 0 Å². The van der Waals surface area contributed by atoms with Crippen LogP contribution < -0.4 is 10.1 Å². The summed E-state index contributed by atoms with van der Waals surface area (Å²) in [6.07, 6.45) is 0.192. The van der Waals surface area contributed by atoms with Crippen molar-refractivity contribution in [2.75, 3.05) is 5.32 Å². The topological polar surface area (TPSA) is 21.3 Å². The van der Waals surface area contributed by atoms with E-state index in [0.29, 0.717) is 0 Å². The molecule has 0 bridgehead atoms. The van der Waals surface area contributed by atoms with Gasteiger partial charge in [-0.3, -0.25) is 0 Å². The van der Waals surface area contributed by atoms with Crippen LogP contribution in [0.5, 0.6) is 5.75 Å². The quantitative estimate of drug-likeness (QED) is 0.775. The molecule has 0 aliphatic rings. The maximum Gasteiger partial charge on any atom is 0.119 e. The van der Waals surface area contributed by atoms with Crippen LogP contribution >= 0.6 is 11.6 Å². The molecular formula is C18H22ClNO. The zero-order valence-electron chi connectivity index (χ0n) is 13.0. The lowest BCUT2D eigenvalue weighted by atomic mass is 10.1. The summed E-state index contributed by atoms with van der Waals surface area (Å²) < 4.78 is 5.66. The first-order valence-corrected chi connectivity index (χ1v) is 7.63. The van der Waals surface area contributed by atoms with Crippen LogP contribution in [-0.2, 0) is 0 Å². The Hall–Kier alpha value is -1.67. The molecule has 0 heterocycles. The fourth-order valence-electron chi connectivity index (χ4n) is 2.22. The average molecular weight is 304 g/mol. The maximum absolute atomic E-state index is 6.26. The molecule has 0 aliphatic heterocycles. The van der Waals surface area contributed by atoms with Crippen LogP contribution in [0.1, 0.15) is 37.9 Å². The summed E-state index contributed by atoms with van der Waals surface area (Å²) in [5, 5.41) is 4.23. The van der Waals surface area contributed by atoms with E-state index in [1.165, 1.54) is 5.56 Å². The maximum atomic E-state index is 6.26. The van der Waals surface area contributed by atoms with Crippen molar-refractivity contribution in [2.24, 2.45) is 0 Å². The molecule has 21 heavy (non-hydrogen) atoms. The van der Waals surface area contributed by atoms with Crippen LogP contribution in [0.2, 0.25) is 5.02 Å². The first-order valence-electron chi connectivity index (χ1n) is 7.25. The minimum atomic E-state index is 0.177. The van der Waals surface area contributed by atoms with E-state index >= 15 is 0 Å². The third-order valence-electron chi connectivity index (χ3n) is 3.33. The molecular weight excluding hydrogens is 282 g/mol. The number of ether oxygens (including phenoxy) is 1. The SMILES string of the molecule is Cc1cccc(Cl)c1NC(C)c1ccc(OC(C)C)cc1. The van der Waals surface area contributed by atoms with E-state index in [2.05, 4.69) is 37.4 Å². The van der Waals surface area contributed by atoms with E-state index in [1.807, 2.05) is 38.1 Å². The molecule has 1 unspecified atom stereocenters. The Morgan fingerprint density at radius 2 is 1.67 bits per heavy atom. The molecule has 3 heteroatoms. The summed E-state index contributed by atoms with van der Waals surface area (Å²) in [6.45, 7) is 8.23. The van der Waals surface area contributed by atoms with Gasteiger partial charge in [-0.1, -0.05) is 35.9 Å². The molecule has 0 saturated heterocycles. The molecule has 0 aliphatic carbocycles. The summed E-state index contributed by atoms with van der Waals surface area (Å²) in [5.41, 5.74) is 3.34. The van der Waals surface area contributed by atoms with Crippen molar-refractivity contribution in [3.8, 4) is 5.75 Å². The average Bonchev–Trinajstić information content (AvgIpc) is 2.43. The van der Waals surface area contributed by atoms with Crippen molar-refractivity contribution in [3.05, 3.63) is 58.6 Å². The fraction of sp³-hybridized carbons (Fsp3) is 0.333. The Morgan fingerprint density at radius 3 is 2.24 bits per heavy atom. The first kappa shape index (κ1) is 15.7. The summed E-state index contributed by atoms with van der Waals surface area (Å²) in [7, 11) is 0. The number of rotatable bonds is 5. The molecule has 0 fully saturated rings. The number of anilines is 1. The van der Waals surface area contributed by atoms with Gasteiger partial charge in [-0.2, -0.15) is 0 Å². The molecule has 1 atom stereocenters. The highest BCUT2D eigenvalue weighted by molar-refractivity contribution is 6.33. The van der Waals surface area contributed by atoms with E-state index in [-0.39, 0.29) is 12.1 Å². The summed E-state index contributed by atoms with van der Waals surface area (Å²) >= 11 is 6.26. The molecule has 0 spiro atoms. The van der Waals surface area contributed by atoms with Gasteiger partial charge in [0.1, 0.15) is 5.75 Å². The van der Waals surface area contributed by atoms with Gasteiger partial charge in [-0.15, -0.1) is 0 Å². The Labute approximate surface area is 132 Å². The van der Waals surface area contributed by atoms with Crippen LogP contribution in [0.4, 0.5) is 5.69 Å². The predicted octanol–water partition coefficient (Wildman–Crippen LogP) is 5.61. The van der Waals surface area contributed by atoms with Crippen LogP contribution in [0, 0.1) is 6.92 Å². The van der Waals surface area contributed by atoms with Gasteiger partial charge in [-0.25, -0.2) is 0 Å². The normalized spacial score (nSPS) is 12.3. The van der Waals surface area contributed by atoms with E-state index < -0.39 is 0 Å². The Bertz CT molecular complexity index is 572. The van der Waals surface area contributed by atoms with Gasteiger partial charge in [0, 0.05) is 6.04 Å². The van der Waals surface area contributed by atoms with Gasteiger partial charge in [0.15, 0.2) is 0 Å². The van der Waals surface area contributed by atoms with Crippen LogP contribution in [0.25, 0.3) is 0 Å². The molecule has 2 aromatic rings. The van der Waals surface area contributed by atoms with Crippen molar-refractivity contribution < 1.29 is 4.74 Å². The highest BCUT2D eigenvalue weighted by atomic mass is 35.5. The number of nitrogens with one attached hydrogen (secondary N) is 1. The number of hydrogen-bond donors (Lipinski definition) is 1. The second kappa shape index (κ2) is 6.86. The number of para-hydroxylation sites is 1. The van der Waals surface area contributed by atoms with Crippen molar-refractivity contribution in [1.82, 2.24) is 0 Å². The zero-order chi connectivity index (χ0) is 15.4. The van der Waals surface area contributed by atoms with Crippen LogP contribution in [0.3, 0.4) is 0 Å². The summed E-state index contributed by atoms with van der Waals surface area (Å²) in [6, 6.07) is 14.3. The molecule has 2 rings (SSSR count). The lowest BCUT2D eigenvalue weighted by Crippen LogP contribution is -2.09. The lowest BCUT2D eigenvalue weighted by molar-refractivity contribution is 0.242. The van der Waals surface area contributed by atoms with Crippen LogP contribution in [-0.4, -0.2) is 6.10 Å². The minimum Gasteiger partial charge on any atom is -0.491 e. The van der Waals surface area contributed by atoms with Crippen molar-refractivity contribution in [3.63, 3.8) is 0 Å². The van der Waals surface area contributed by atoms with Crippen molar-refractivity contribution in [1.29, 1.82) is 0 Å². The smallest absolute Gasteiger partial charge is 0.119 e. The highest BCUT2D eigenvalue weighted by Crippen LogP contribution is 2.29. The number of aryl methyl sites for hydroxylation is 1. The molecule has 0 radical (unpaired) electrons. The Kier molecular flexibility index (Phi) is 5.13. The monoisotopic (exact) mass is 303 g/mol. The third kappa shape index (κ3) is 4.15. The first-order chi connectivity index (χ1) is 9.97. The molecule has 2 aromatic carbocycles. The second-order valence-electron chi connectivity index (χ2n) is 5.53. The van der Waals surface area contributed by atoms with Gasteiger partial charge in [0.2, 0.25) is 0 Å².